The van der Waals surface area contributed by atoms with Crippen LogP contribution in [0.4, 0.5) is 0 Å². The van der Waals surface area contributed by atoms with Crippen LogP contribution in [0, 0.1) is 0 Å². The van der Waals surface area contributed by atoms with Gasteiger partial charge in [0, 0.05) is 30.1 Å². The van der Waals surface area contributed by atoms with Crippen molar-refractivity contribution in [2.45, 2.75) is 59.0 Å². The zero-order valence-corrected chi connectivity index (χ0v) is 24.1. The lowest BCUT2D eigenvalue weighted by Gasteiger charge is -2.26. The number of aliphatic hydroxyl groups is 1. The number of esters is 1. The van der Waals surface area contributed by atoms with E-state index in [1.165, 1.54) is 4.90 Å². The summed E-state index contributed by atoms with van der Waals surface area (Å²) in [5.74, 6) is -1.49. The lowest BCUT2D eigenvalue weighted by Crippen LogP contribution is -2.29. The highest BCUT2D eigenvalue weighted by Gasteiger charge is 2.46. The average molecular weight is 557 g/mol. The van der Waals surface area contributed by atoms with Crippen molar-refractivity contribution >= 4 is 23.4 Å². The highest BCUT2D eigenvalue weighted by Crippen LogP contribution is 2.41. The molecule has 1 aliphatic rings. The smallest absolute Gasteiger partial charge is 0.338 e. The molecule has 0 spiro atoms. The molecule has 1 amide bonds. The van der Waals surface area contributed by atoms with Gasteiger partial charge in [-0.05, 0) is 66.3 Å². The number of hydrogen-bond donors (Lipinski definition) is 1. The Hall–Kier alpha value is -4.46. The van der Waals surface area contributed by atoms with Crippen molar-refractivity contribution in [1.29, 1.82) is 0 Å². The van der Waals surface area contributed by atoms with Gasteiger partial charge in [-0.25, -0.2) is 4.79 Å². The van der Waals surface area contributed by atoms with Gasteiger partial charge in [-0.3, -0.25) is 14.6 Å². The van der Waals surface area contributed by atoms with Crippen molar-refractivity contribution in [3.05, 3.63) is 100 Å². The van der Waals surface area contributed by atoms with Crippen LogP contribution in [-0.2, 0) is 26.3 Å². The van der Waals surface area contributed by atoms with E-state index in [0.717, 1.165) is 12.0 Å². The van der Waals surface area contributed by atoms with E-state index in [9.17, 15) is 19.5 Å². The molecule has 1 aromatic heterocycles. The summed E-state index contributed by atoms with van der Waals surface area (Å²) in [7, 11) is 0. The second kappa shape index (κ2) is 12.4. The molecule has 1 fully saturated rings. The minimum atomic E-state index is -0.859. The maximum absolute atomic E-state index is 13.5. The van der Waals surface area contributed by atoms with Gasteiger partial charge in [0.15, 0.2) is 0 Å². The number of Topliss-reactive ketones (excluding diaryl/α,β-unsaturated/α-hetero) is 1. The molecule has 41 heavy (non-hydrogen) atoms. The Balaban J connectivity index is 1.76. The van der Waals surface area contributed by atoms with Gasteiger partial charge >= 0.3 is 5.97 Å². The van der Waals surface area contributed by atoms with Crippen molar-refractivity contribution in [2.24, 2.45) is 0 Å². The third-order valence-corrected chi connectivity index (χ3v) is 6.88. The summed E-state index contributed by atoms with van der Waals surface area (Å²) < 4.78 is 11.0. The lowest BCUT2D eigenvalue weighted by atomic mass is 9.84. The number of carbonyl (C=O) groups is 3. The summed E-state index contributed by atoms with van der Waals surface area (Å²) in [6.07, 6.45) is 3.91. The number of hydrogen-bond acceptors (Lipinski definition) is 7. The molecule has 4 rings (SSSR count). The number of aliphatic hydroxyl groups excluding tert-OH is 1. The van der Waals surface area contributed by atoms with Gasteiger partial charge in [0.2, 0.25) is 0 Å². The molecule has 1 aliphatic heterocycles. The largest absolute Gasteiger partial charge is 0.507 e. The van der Waals surface area contributed by atoms with Gasteiger partial charge in [0.25, 0.3) is 11.7 Å². The third kappa shape index (κ3) is 6.32. The number of ether oxygens (including phenoxy) is 2. The number of benzene rings is 2. The Morgan fingerprint density at radius 3 is 2.34 bits per heavy atom. The second-order valence-electron chi connectivity index (χ2n) is 10.9. The number of rotatable bonds is 9. The first-order chi connectivity index (χ1) is 19.6. The number of pyridine rings is 1. The van der Waals surface area contributed by atoms with Gasteiger partial charge in [0.05, 0.1) is 30.4 Å². The van der Waals surface area contributed by atoms with Crippen molar-refractivity contribution in [2.75, 3.05) is 13.2 Å². The monoisotopic (exact) mass is 556 g/mol. The molecule has 1 atom stereocenters. The van der Waals surface area contributed by atoms with E-state index in [1.807, 2.05) is 40.7 Å². The number of likely N-dealkylation sites (tertiary alicyclic amines) is 1. The zero-order chi connectivity index (χ0) is 29.7. The van der Waals surface area contributed by atoms with E-state index in [-0.39, 0.29) is 23.3 Å². The molecule has 0 radical (unpaired) electrons. The van der Waals surface area contributed by atoms with Crippen LogP contribution in [0.15, 0.2) is 72.6 Å². The molecule has 2 aromatic carbocycles. The van der Waals surface area contributed by atoms with Gasteiger partial charge in [-0.15, -0.1) is 0 Å². The van der Waals surface area contributed by atoms with E-state index in [1.54, 1.807) is 60.9 Å². The van der Waals surface area contributed by atoms with Crippen molar-refractivity contribution in [3.8, 4) is 5.75 Å². The Bertz CT molecular complexity index is 1460. The number of aromatic nitrogens is 1. The van der Waals surface area contributed by atoms with E-state index < -0.39 is 23.7 Å². The van der Waals surface area contributed by atoms with Gasteiger partial charge in [0.1, 0.15) is 11.5 Å². The topological polar surface area (TPSA) is 106 Å². The van der Waals surface area contributed by atoms with Crippen LogP contribution in [0.25, 0.3) is 5.76 Å². The minimum absolute atomic E-state index is 0.00761. The molecule has 0 saturated carbocycles. The maximum atomic E-state index is 13.5. The highest BCUT2D eigenvalue weighted by molar-refractivity contribution is 6.46. The molecule has 3 aromatic rings. The first-order valence-corrected chi connectivity index (χ1v) is 13.8. The van der Waals surface area contributed by atoms with Crippen LogP contribution < -0.4 is 4.74 Å². The SMILES string of the molecule is CCCOC(=O)c1ccc(CN2C(=O)C(=O)/C(=C(\O)c3ccc(OCC)c(C(C)(C)C)c3)C2c2cccnc2)cc1. The fraction of sp³-hybridized carbons (Fsp3) is 0.333. The van der Waals surface area contributed by atoms with E-state index in [2.05, 4.69) is 4.98 Å². The summed E-state index contributed by atoms with van der Waals surface area (Å²) in [5, 5.41) is 11.6. The number of ketones is 1. The zero-order valence-electron chi connectivity index (χ0n) is 24.1. The van der Waals surface area contributed by atoms with Crippen LogP contribution in [0.1, 0.15) is 79.7 Å². The summed E-state index contributed by atoms with van der Waals surface area (Å²) in [5.41, 5.74) is 2.68. The molecule has 8 nitrogen and oxygen atoms in total. The lowest BCUT2D eigenvalue weighted by molar-refractivity contribution is -0.140. The Morgan fingerprint density at radius 1 is 1.02 bits per heavy atom. The highest BCUT2D eigenvalue weighted by atomic mass is 16.5. The summed E-state index contributed by atoms with van der Waals surface area (Å²) in [6, 6.07) is 14.6. The van der Waals surface area contributed by atoms with E-state index >= 15 is 0 Å². The first kappa shape index (κ1) is 29.5. The van der Waals surface area contributed by atoms with Crippen molar-refractivity contribution in [3.63, 3.8) is 0 Å². The molecule has 214 valence electrons. The average Bonchev–Trinajstić information content (AvgIpc) is 3.21. The summed E-state index contributed by atoms with van der Waals surface area (Å²) >= 11 is 0. The van der Waals surface area contributed by atoms with E-state index in [0.29, 0.717) is 41.2 Å². The second-order valence-corrected chi connectivity index (χ2v) is 10.9. The van der Waals surface area contributed by atoms with Crippen LogP contribution in [0.5, 0.6) is 5.75 Å². The van der Waals surface area contributed by atoms with Crippen molar-refractivity contribution < 1.29 is 29.0 Å². The van der Waals surface area contributed by atoms with Crippen LogP contribution in [0.2, 0.25) is 0 Å². The van der Waals surface area contributed by atoms with Crippen LogP contribution in [0.3, 0.4) is 0 Å². The number of carbonyl (C=O) groups excluding carboxylic acids is 3. The minimum Gasteiger partial charge on any atom is -0.507 e. The Kier molecular flexibility index (Phi) is 8.91. The number of nitrogens with zero attached hydrogens (tertiary/aromatic N) is 2. The van der Waals surface area contributed by atoms with E-state index in [4.69, 9.17) is 9.47 Å². The molecule has 1 N–H and O–H groups in total. The predicted molar refractivity (Wildman–Crippen MR) is 155 cm³/mol. The standard InChI is InChI=1S/C33H36N2O6/c1-6-17-41-32(39)22-12-10-21(11-13-22)20-35-28(24-9-8-16-34-19-24)27(30(37)31(35)38)29(36)23-14-15-26(40-7-2)25(18-23)33(3,4)5/h8-16,18-19,28,36H,6-7,17,20H2,1-5H3/b29-27-. The summed E-state index contributed by atoms with van der Waals surface area (Å²) in [4.78, 5) is 44.7. The van der Waals surface area contributed by atoms with Gasteiger partial charge < -0.3 is 19.5 Å². The fourth-order valence-corrected chi connectivity index (χ4v) is 4.85. The molecular weight excluding hydrogens is 520 g/mol. The molecular formula is C33H36N2O6. The fourth-order valence-electron chi connectivity index (χ4n) is 4.85. The van der Waals surface area contributed by atoms with Gasteiger partial charge in [-0.2, -0.15) is 0 Å². The Morgan fingerprint density at radius 2 is 1.73 bits per heavy atom. The Labute approximate surface area is 240 Å². The maximum Gasteiger partial charge on any atom is 0.338 e. The first-order valence-electron chi connectivity index (χ1n) is 13.8. The molecule has 1 saturated heterocycles. The molecule has 0 bridgehead atoms. The normalized spacial score (nSPS) is 16.6. The predicted octanol–water partition coefficient (Wildman–Crippen LogP) is 5.97. The van der Waals surface area contributed by atoms with Crippen LogP contribution >= 0.6 is 0 Å². The van der Waals surface area contributed by atoms with Crippen molar-refractivity contribution in [1.82, 2.24) is 9.88 Å². The van der Waals surface area contributed by atoms with Gasteiger partial charge in [-0.1, -0.05) is 45.9 Å². The molecule has 8 heteroatoms. The molecule has 0 aliphatic carbocycles. The van der Waals surface area contributed by atoms with Crippen LogP contribution in [-0.4, -0.2) is 45.9 Å². The number of amides is 1. The molecule has 1 unspecified atom stereocenters. The summed E-state index contributed by atoms with van der Waals surface area (Å²) in [6.45, 7) is 10.9. The third-order valence-electron chi connectivity index (χ3n) is 6.88. The molecule has 2 heterocycles. The quantitative estimate of drug-likeness (QED) is 0.150.